The first-order chi connectivity index (χ1) is 14.5. The van der Waals surface area contributed by atoms with Crippen LogP contribution >= 0.6 is 0 Å². The molecule has 2 aromatic carbocycles. The first kappa shape index (κ1) is 21.9. The third-order valence-electron chi connectivity index (χ3n) is 5.54. The molecule has 2 aromatic rings. The third kappa shape index (κ3) is 4.36. The minimum atomic E-state index is -2.62. The van der Waals surface area contributed by atoms with Crippen molar-refractivity contribution in [3.05, 3.63) is 59.7 Å². The second kappa shape index (κ2) is 9.80. The van der Waals surface area contributed by atoms with Gasteiger partial charge in [-0.05, 0) is 41.5 Å². The maximum absolute atomic E-state index is 13.3. The minimum absolute atomic E-state index is 0.0987. The number of hydrogen-bond acceptors (Lipinski definition) is 3. The van der Waals surface area contributed by atoms with E-state index >= 15 is 0 Å². The molecule has 160 valence electrons. The Morgan fingerprint density at radius 1 is 0.933 bits per heavy atom. The van der Waals surface area contributed by atoms with Crippen LogP contribution in [0.2, 0.25) is 0 Å². The summed E-state index contributed by atoms with van der Waals surface area (Å²) in [5, 5.41) is 5.26. The quantitative estimate of drug-likeness (QED) is 0.522. The number of amides is 2. The van der Waals surface area contributed by atoms with Gasteiger partial charge >= 0.3 is 0 Å². The molecule has 0 aliphatic heterocycles. The Morgan fingerprint density at radius 3 is 2.10 bits per heavy atom. The van der Waals surface area contributed by atoms with Gasteiger partial charge in [-0.2, -0.15) is 0 Å². The van der Waals surface area contributed by atoms with Gasteiger partial charge in [0.15, 0.2) is 0 Å². The molecule has 2 amide bonds. The van der Waals surface area contributed by atoms with Gasteiger partial charge < -0.3 is 16.4 Å². The van der Waals surface area contributed by atoms with Crippen molar-refractivity contribution in [3.8, 4) is 11.1 Å². The number of carbonyl (C=O) groups is 2. The number of benzene rings is 2. The molecule has 7 heteroatoms. The summed E-state index contributed by atoms with van der Waals surface area (Å²) in [7, 11) is 0. The normalized spacial score (nSPS) is 13.6. The van der Waals surface area contributed by atoms with Crippen molar-refractivity contribution in [2.24, 2.45) is 5.73 Å². The van der Waals surface area contributed by atoms with E-state index in [1.807, 2.05) is 48.5 Å². The molecule has 0 bridgehead atoms. The molecule has 0 atom stereocenters. The third-order valence-corrected chi connectivity index (χ3v) is 5.54. The summed E-state index contributed by atoms with van der Waals surface area (Å²) in [5.74, 6) is -0.509. The lowest BCUT2D eigenvalue weighted by Gasteiger charge is -2.31. The highest BCUT2D eigenvalue weighted by atomic mass is 19.3. The minimum Gasteiger partial charge on any atom is -0.356 e. The zero-order chi connectivity index (χ0) is 21.6. The van der Waals surface area contributed by atoms with Crippen LogP contribution in [0.4, 0.5) is 8.78 Å². The van der Waals surface area contributed by atoms with Crippen molar-refractivity contribution >= 4 is 11.8 Å². The van der Waals surface area contributed by atoms with Crippen LogP contribution in [-0.4, -0.2) is 37.9 Å². The molecule has 0 aromatic heterocycles. The van der Waals surface area contributed by atoms with Crippen LogP contribution in [0.5, 0.6) is 0 Å². The van der Waals surface area contributed by atoms with Gasteiger partial charge in [0.1, 0.15) is 5.41 Å². The van der Waals surface area contributed by atoms with Gasteiger partial charge in [0.25, 0.3) is 6.43 Å². The SMILES string of the molecule is NCCC(=O)NCCCCC1(C(=O)NCC(F)F)c2ccccc2-c2ccccc21. The Kier molecular flexibility index (Phi) is 7.15. The van der Waals surface area contributed by atoms with E-state index in [0.717, 1.165) is 22.3 Å². The van der Waals surface area contributed by atoms with Crippen LogP contribution in [0.15, 0.2) is 48.5 Å². The fourth-order valence-corrected chi connectivity index (χ4v) is 4.24. The Bertz CT molecular complexity index is 856. The van der Waals surface area contributed by atoms with E-state index < -0.39 is 24.3 Å². The molecular weight excluding hydrogens is 388 g/mol. The van der Waals surface area contributed by atoms with Crippen molar-refractivity contribution in [3.63, 3.8) is 0 Å². The zero-order valence-corrected chi connectivity index (χ0v) is 16.8. The lowest BCUT2D eigenvalue weighted by Crippen LogP contribution is -2.45. The molecule has 30 heavy (non-hydrogen) atoms. The van der Waals surface area contributed by atoms with Gasteiger partial charge in [0.05, 0.1) is 6.54 Å². The molecule has 0 saturated carbocycles. The molecular formula is C23H27F2N3O2. The summed E-state index contributed by atoms with van der Waals surface area (Å²) >= 11 is 0. The maximum atomic E-state index is 13.3. The van der Waals surface area contributed by atoms with Crippen LogP contribution in [0.3, 0.4) is 0 Å². The lowest BCUT2D eigenvalue weighted by molar-refractivity contribution is -0.126. The van der Waals surface area contributed by atoms with Crippen molar-refractivity contribution < 1.29 is 18.4 Å². The summed E-state index contributed by atoms with van der Waals surface area (Å²) in [5.41, 5.74) is 7.94. The van der Waals surface area contributed by atoms with Crippen LogP contribution in [0.25, 0.3) is 11.1 Å². The summed E-state index contributed by atoms with van der Waals surface area (Å²) < 4.78 is 25.7. The van der Waals surface area contributed by atoms with Gasteiger partial charge in [0, 0.05) is 19.5 Å². The van der Waals surface area contributed by atoms with E-state index in [1.165, 1.54) is 0 Å². The first-order valence-corrected chi connectivity index (χ1v) is 10.2. The van der Waals surface area contributed by atoms with Crippen LogP contribution in [0, 0.1) is 0 Å². The molecule has 4 N–H and O–H groups in total. The summed E-state index contributed by atoms with van der Waals surface area (Å²) in [4.78, 5) is 24.9. The number of carbonyl (C=O) groups excluding carboxylic acids is 2. The molecule has 0 fully saturated rings. The number of hydrogen-bond donors (Lipinski definition) is 3. The average Bonchev–Trinajstić information content (AvgIpc) is 3.03. The summed E-state index contributed by atoms with van der Waals surface area (Å²) in [6, 6.07) is 15.3. The molecule has 0 unspecified atom stereocenters. The largest absolute Gasteiger partial charge is 0.356 e. The fraction of sp³-hybridized carbons (Fsp3) is 0.391. The number of nitrogens with one attached hydrogen (secondary N) is 2. The fourth-order valence-electron chi connectivity index (χ4n) is 4.24. The number of unbranched alkanes of at least 4 members (excludes halogenated alkanes) is 1. The molecule has 0 radical (unpaired) electrons. The second-order valence-corrected chi connectivity index (χ2v) is 7.44. The highest BCUT2D eigenvalue weighted by Gasteiger charge is 2.48. The average molecular weight is 415 g/mol. The summed E-state index contributed by atoms with van der Waals surface area (Å²) in [6.45, 7) is 0.101. The predicted octanol–water partition coefficient (Wildman–Crippen LogP) is 2.97. The second-order valence-electron chi connectivity index (χ2n) is 7.44. The molecule has 0 heterocycles. The van der Waals surface area contributed by atoms with E-state index in [1.54, 1.807) is 0 Å². The maximum Gasteiger partial charge on any atom is 0.255 e. The predicted molar refractivity (Wildman–Crippen MR) is 112 cm³/mol. The van der Waals surface area contributed by atoms with E-state index in [-0.39, 0.29) is 12.3 Å². The van der Waals surface area contributed by atoms with E-state index in [0.29, 0.717) is 32.4 Å². The number of alkyl halides is 2. The number of fused-ring (bicyclic) bond motifs is 3. The molecule has 3 rings (SSSR count). The van der Waals surface area contributed by atoms with E-state index in [9.17, 15) is 18.4 Å². The van der Waals surface area contributed by atoms with Gasteiger partial charge in [0.2, 0.25) is 11.8 Å². The summed E-state index contributed by atoms with van der Waals surface area (Å²) in [6.07, 6.45) is -0.558. The van der Waals surface area contributed by atoms with Crippen molar-refractivity contribution in [1.29, 1.82) is 0 Å². The molecule has 1 aliphatic carbocycles. The number of halogens is 2. The van der Waals surface area contributed by atoms with E-state index in [4.69, 9.17) is 5.73 Å². The Hall–Kier alpha value is -2.80. The topological polar surface area (TPSA) is 84.2 Å². The first-order valence-electron chi connectivity index (χ1n) is 10.2. The standard InChI is InChI=1S/C23H27F2N3O2/c24-20(25)15-28-22(30)23(12-5-6-14-27-21(29)11-13-26)18-9-3-1-7-16(18)17-8-2-4-10-19(17)23/h1-4,7-10,20H,5-6,11-15,26H2,(H,27,29)(H,28,30). The Morgan fingerprint density at radius 2 is 1.53 bits per heavy atom. The Balaban J connectivity index is 1.86. The molecule has 5 nitrogen and oxygen atoms in total. The zero-order valence-electron chi connectivity index (χ0n) is 16.8. The van der Waals surface area contributed by atoms with Crippen molar-refractivity contribution in [1.82, 2.24) is 10.6 Å². The molecule has 1 aliphatic rings. The Labute approximate surface area is 175 Å². The van der Waals surface area contributed by atoms with Gasteiger partial charge in [-0.3, -0.25) is 9.59 Å². The van der Waals surface area contributed by atoms with Gasteiger partial charge in [-0.1, -0.05) is 48.5 Å². The smallest absolute Gasteiger partial charge is 0.255 e. The number of nitrogens with two attached hydrogens (primary N) is 1. The molecule has 0 spiro atoms. The van der Waals surface area contributed by atoms with Crippen LogP contribution in [-0.2, 0) is 15.0 Å². The highest BCUT2D eigenvalue weighted by Crippen LogP contribution is 2.51. The highest BCUT2D eigenvalue weighted by molar-refractivity contribution is 6.00. The van der Waals surface area contributed by atoms with Crippen molar-refractivity contribution in [2.75, 3.05) is 19.6 Å². The van der Waals surface area contributed by atoms with E-state index in [2.05, 4.69) is 10.6 Å². The monoisotopic (exact) mass is 415 g/mol. The van der Waals surface area contributed by atoms with Crippen LogP contribution < -0.4 is 16.4 Å². The van der Waals surface area contributed by atoms with Gasteiger partial charge in [-0.25, -0.2) is 8.78 Å². The van der Waals surface area contributed by atoms with Crippen molar-refractivity contribution in [2.45, 2.75) is 37.5 Å². The number of rotatable bonds is 10. The molecule has 0 saturated heterocycles. The lowest BCUT2D eigenvalue weighted by atomic mass is 9.73. The van der Waals surface area contributed by atoms with Crippen LogP contribution in [0.1, 0.15) is 36.8 Å². The van der Waals surface area contributed by atoms with Gasteiger partial charge in [-0.15, -0.1) is 0 Å².